The van der Waals surface area contributed by atoms with E-state index in [0.29, 0.717) is 5.92 Å². The monoisotopic (exact) mass is 245 g/mol. The van der Waals surface area contributed by atoms with Crippen molar-refractivity contribution in [3.63, 3.8) is 0 Å². The van der Waals surface area contributed by atoms with Gasteiger partial charge in [-0.1, -0.05) is 51.5 Å². The van der Waals surface area contributed by atoms with Crippen molar-refractivity contribution in [3.05, 3.63) is 35.4 Å². The lowest BCUT2D eigenvalue weighted by Crippen LogP contribution is -2.32. The second-order valence-electron chi connectivity index (χ2n) is 6.02. The van der Waals surface area contributed by atoms with Gasteiger partial charge in [0.2, 0.25) is 0 Å². The summed E-state index contributed by atoms with van der Waals surface area (Å²) in [6.07, 6.45) is 4.14. The summed E-state index contributed by atoms with van der Waals surface area (Å²) in [4.78, 5) is 2.61. The van der Waals surface area contributed by atoms with Crippen molar-refractivity contribution in [1.82, 2.24) is 4.90 Å². The van der Waals surface area contributed by atoms with Crippen LogP contribution in [0, 0.1) is 5.92 Å². The van der Waals surface area contributed by atoms with Crippen molar-refractivity contribution in [2.45, 2.75) is 52.5 Å². The third-order valence-electron chi connectivity index (χ3n) is 4.34. The van der Waals surface area contributed by atoms with Gasteiger partial charge < -0.3 is 0 Å². The molecule has 0 N–H and O–H groups in total. The molecule has 1 aromatic carbocycles. The summed E-state index contributed by atoms with van der Waals surface area (Å²) in [5, 5.41) is 0. The maximum Gasteiger partial charge on any atom is 0.0233 e. The Morgan fingerprint density at radius 3 is 2.22 bits per heavy atom. The molecule has 0 aliphatic carbocycles. The lowest BCUT2D eigenvalue weighted by molar-refractivity contribution is 0.175. The van der Waals surface area contributed by atoms with Gasteiger partial charge in [-0.3, -0.25) is 4.90 Å². The molecule has 0 saturated carbocycles. The summed E-state index contributed by atoms with van der Waals surface area (Å²) in [5.41, 5.74) is 2.91. The molecule has 1 fully saturated rings. The SMILES string of the molecule is CCC1CCN(Cc2ccc(C(C)C)cc2)CC1. The highest BCUT2D eigenvalue weighted by Gasteiger charge is 2.17. The fraction of sp³-hybridized carbons (Fsp3) is 0.647. The number of likely N-dealkylation sites (tertiary alicyclic amines) is 1. The van der Waals surface area contributed by atoms with E-state index in [1.165, 1.54) is 43.5 Å². The van der Waals surface area contributed by atoms with Gasteiger partial charge in [0, 0.05) is 6.54 Å². The molecular formula is C17H27N. The van der Waals surface area contributed by atoms with Crippen LogP contribution in [0.5, 0.6) is 0 Å². The first kappa shape index (κ1) is 13.6. The van der Waals surface area contributed by atoms with Gasteiger partial charge in [0.1, 0.15) is 0 Å². The van der Waals surface area contributed by atoms with E-state index in [0.717, 1.165) is 12.5 Å². The van der Waals surface area contributed by atoms with Crippen LogP contribution in [0.3, 0.4) is 0 Å². The van der Waals surface area contributed by atoms with E-state index in [1.54, 1.807) is 0 Å². The maximum absolute atomic E-state index is 2.61. The van der Waals surface area contributed by atoms with Gasteiger partial charge in [-0.05, 0) is 48.9 Å². The Morgan fingerprint density at radius 1 is 1.11 bits per heavy atom. The molecule has 0 bridgehead atoms. The van der Waals surface area contributed by atoms with E-state index in [-0.39, 0.29) is 0 Å². The Kier molecular flexibility index (Phi) is 4.82. The van der Waals surface area contributed by atoms with Crippen LogP contribution in [0.1, 0.15) is 57.1 Å². The van der Waals surface area contributed by atoms with Crippen molar-refractivity contribution < 1.29 is 0 Å². The molecule has 1 aromatic rings. The lowest BCUT2D eigenvalue weighted by Gasteiger charge is -2.31. The van der Waals surface area contributed by atoms with Crippen LogP contribution in [0.15, 0.2) is 24.3 Å². The van der Waals surface area contributed by atoms with Crippen LogP contribution in [0.4, 0.5) is 0 Å². The van der Waals surface area contributed by atoms with E-state index in [1.807, 2.05) is 0 Å². The lowest BCUT2D eigenvalue weighted by atomic mass is 9.94. The summed E-state index contributed by atoms with van der Waals surface area (Å²) in [7, 11) is 0. The molecule has 1 heteroatoms. The summed E-state index contributed by atoms with van der Waals surface area (Å²) < 4.78 is 0. The Labute approximate surface area is 112 Å². The number of hydrogen-bond donors (Lipinski definition) is 0. The predicted molar refractivity (Wildman–Crippen MR) is 78.8 cm³/mol. The molecule has 1 aliphatic heterocycles. The zero-order valence-corrected chi connectivity index (χ0v) is 12.2. The van der Waals surface area contributed by atoms with Crippen molar-refractivity contribution in [2.75, 3.05) is 13.1 Å². The summed E-state index contributed by atoms with van der Waals surface area (Å²) in [5.74, 6) is 1.61. The molecule has 1 saturated heterocycles. The normalized spacial score (nSPS) is 18.4. The van der Waals surface area contributed by atoms with Crippen LogP contribution < -0.4 is 0 Å². The fourth-order valence-electron chi connectivity index (χ4n) is 2.82. The zero-order valence-electron chi connectivity index (χ0n) is 12.2. The van der Waals surface area contributed by atoms with Crippen LogP contribution in [0.25, 0.3) is 0 Å². The first-order chi connectivity index (χ1) is 8.69. The van der Waals surface area contributed by atoms with Gasteiger partial charge in [0.25, 0.3) is 0 Å². The van der Waals surface area contributed by atoms with Crippen LogP contribution >= 0.6 is 0 Å². The van der Waals surface area contributed by atoms with Crippen molar-refractivity contribution in [1.29, 1.82) is 0 Å². The Bertz CT molecular complexity index is 344. The molecule has 1 heterocycles. The molecule has 2 rings (SSSR count). The van der Waals surface area contributed by atoms with Gasteiger partial charge in [-0.15, -0.1) is 0 Å². The molecule has 0 amide bonds. The van der Waals surface area contributed by atoms with E-state index < -0.39 is 0 Å². The van der Waals surface area contributed by atoms with Crippen molar-refractivity contribution in [2.24, 2.45) is 5.92 Å². The zero-order chi connectivity index (χ0) is 13.0. The molecule has 100 valence electrons. The third-order valence-corrected chi connectivity index (χ3v) is 4.34. The quantitative estimate of drug-likeness (QED) is 0.758. The molecule has 1 aliphatic rings. The standard InChI is InChI=1S/C17H27N/c1-4-15-9-11-18(12-10-15)13-16-5-7-17(8-6-16)14(2)3/h5-8,14-15H,4,9-13H2,1-3H3. The smallest absolute Gasteiger partial charge is 0.0233 e. The Morgan fingerprint density at radius 2 is 1.72 bits per heavy atom. The van der Waals surface area contributed by atoms with E-state index in [4.69, 9.17) is 0 Å². The molecule has 0 atom stereocenters. The largest absolute Gasteiger partial charge is 0.299 e. The average Bonchev–Trinajstić information content (AvgIpc) is 2.40. The number of rotatable bonds is 4. The molecule has 1 nitrogen and oxygen atoms in total. The van der Waals surface area contributed by atoms with Gasteiger partial charge in [0.05, 0.1) is 0 Å². The topological polar surface area (TPSA) is 3.24 Å². The Balaban J connectivity index is 1.86. The highest BCUT2D eigenvalue weighted by Crippen LogP contribution is 2.22. The van der Waals surface area contributed by atoms with Crippen LogP contribution in [-0.2, 0) is 6.54 Å². The number of nitrogens with zero attached hydrogens (tertiary/aromatic N) is 1. The highest BCUT2D eigenvalue weighted by atomic mass is 15.1. The molecule has 0 radical (unpaired) electrons. The van der Waals surface area contributed by atoms with Crippen LogP contribution in [-0.4, -0.2) is 18.0 Å². The minimum atomic E-state index is 0.638. The summed E-state index contributed by atoms with van der Waals surface area (Å²) in [6, 6.07) is 9.19. The van der Waals surface area contributed by atoms with Gasteiger partial charge in [-0.25, -0.2) is 0 Å². The minimum absolute atomic E-state index is 0.638. The Hall–Kier alpha value is -0.820. The van der Waals surface area contributed by atoms with Gasteiger partial charge in [0.15, 0.2) is 0 Å². The van der Waals surface area contributed by atoms with E-state index in [2.05, 4.69) is 49.9 Å². The fourth-order valence-corrected chi connectivity index (χ4v) is 2.82. The van der Waals surface area contributed by atoms with Gasteiger partial charge in [-0.2, -0.15) is 0 Å². The van der Waals surface area contributed by atoms with Crippen molar-refractivity contribution >= 4 is 0 Å². The first-order valence-corrected chi connectivity index (χ1v) is 7.50. The molecule has 0 aromatic heterocycles. The number of piperidine rings is 1. The average molecular weight is 245 g/mol. The van der Waals surface area contributed by atoms with Crippen molar-refractivity contribution in [3.8, 4) is 0 Å². The molecule has 0 unspecified atom stereocenters. The first-order valence-electron chi connectivity index (χ1n) is 7.50. The highest BCUT2D eigenvalue weighted by molar-refractivity contribution is 5.24. The van der Waals surface area contributed by atoms with Gasteiger partial charge >= 0.3 is 0 Å². The maximum atomic E-state index is 2.61. The predicted octanol–water partition coefficient (Wildman–Crippen LogP) is 4.43. The number of hydrogen-bond acceptors (Lipinski definition) is 1. The number of benzene rings is 1. The molecule has 18 heavy (non-hydrogen) atoms. The summed E-state index contributed by atoms with van der Waals surface area (Å²) >= 11 is 0. The third kappa shape index (κ3) is 3.58. The summed E-state index contributed by atoms with van der Waals surface area (Å²) in [6.45, 7) is 10.5. The van der Waals surface area contributed by atoms with Crippen LogP contribution in [0.2, 0.25) is 0 Å². The second kappa shape index (κ2) is 6.38. The minimum Gasteiger partial charge on any atom is -0.299 e. The molecular weight excluding hydrogens is 218 g/mol. The second-order valence-corrected chi connectivity index (χ2v) is 6.02. The van der Waals surface area contributed by atoms with E-state index in [9.17, 15) is 0 Å². The molecule has 0 spiro atoms. The van der Waals surface area contributed by atoms with E-state index >= 15 is 0 Å².